The molecule has 21 heavy (non-hydrogen) atoms. The first-order valence-electron chi connectivity index (χ1n) is 6.76. The molecule has 2 amide bonds. The Morgan fingerprint density at radius 1 is 1.24 bits per heavy atom. The van der Waals surface area contributed by atoms with Crippen LogP contribution in [-0.4, -0.2) is 71.1 Å². The zero-order valence-corrected chi connectivity index (χ0v) is 12.2. The highest BCUT2D eigenvalue weighted by Crippen LogP contribution is 2.09. The van der Waals surface area contributed by atoms with E-state index >= 15 is 0 Å². The predicted molar refractivity (Wildman–Crippen MR) is 75.7 cm³/mol. The summed E-state index contributed by atoms with van der Waals surface area (Å²) < 4.78 is 4.68. The summed E-state index contributed by atoms with van der Waals surface area (Å²) in [6, 6.07) is 1.37. The molecule has 1 N–H and O–H groups in total. The van der Waals surface area contributed by atoms with Crippen molar-refractivity contribution >= 4 is 17.9 Å². The molecule has 1 aromatic rings. The van der Waals surface area contributed by atoms with Gasteiger partial charge in [0, 0.05) is 38.6 Å². The number of carbonyl (C=O) groups excluding carboxylic acids is 2. The Hall–Kier alpha value is -2.22. The van der Waals surface area contributed by atoms with E-state index in [-0.39, 0.29) is 18.0 Å². The van der Waals surface area contributed by atoms with Crippen LogP contribution in [0.5, 0.6) is 0 Å². The summed E-state index contributed by atoms with van der Waals surface area (Å²) in [6.07, 6.45) is 2.81. The zero-order valence-electron chi connectivity index (χ0n) is 12.2. The zero-order chi connectivity index (χ0) is 15.2. The molecule has 0 aromatic carbocycles. The van der Waals surface area contributed by atoms with Crippen LogP contribution in [0.15, 0.2) is 18.5 Å². The molecule has 114 valence electrons. The first kappa shape index (κ1) is 15.2. The lowest BCUT2D eigenvalue weighted by molar-refractivity contribution is -0.121. The van der Waals surface area contributed by atoms with Gasteiger partial charge in [-0.2, -0.15) is 0 Å². The number of piperazine rings is 1. The Balaban J connectivity index is 1.85. The van der Waals surface area contributed by atoms with E-state index in [4.69, 9.17) is 0 Å². The van der Waals surface area contributed by atoms with Crippen molar-refractivity contribution in [2.24, 2.45) is 0 Å². The van der Waals surface area contributed by atoms with E-state index in [9.17, 15) is 9.59 Å². The summed E-state index contributed by atoms with van der Waals surface area (Å²) >= 11 is 0. The quantitative estimate of drug-likeness (QED) is 0.856. The van der Waals surface area contributed by atoms with E-state index < -0.39 is 0 Å². The molecule has 0 saturated carbocycles. The first-order chi connectivity index (χ1) is 10.1. The highest BCUT2D eigenvalue weighted by atomic mass is 16.5. The average Bonchev–Trinajstić information content (AvgIpc) is 2.54. The minimum Gasteiger partial charge on any atom is -0.453 e. The van der Waals surface area contributed by atoms with E-state index in [0.29, 0.717) is 32.1 Å². The molecule has 1 aliphatic rings. The molecule has 2 rings (SSSR count). The maximum Gasteiger partial charge on any atom is 0.409 e. The maximum absolute atomic E-state index is 12.1. The average molecular weight is 293 g/mol. The largest absolute Gasteiger partial charge is 0.453 e. The van der Waals surface area contributed by atoms with Crippen LogP contribution >= 0.6 is 0 Å². The molecule has 0 unspecified atom stereocenters. The number of hydrogen-bond acceptors (Lipinski definition) is 6. The van der Waals surface area contributed by atoms with Gasteiger partial charge >= 0.3 is 6.09 Å². The maximum atomic E-state index is 12.1. The van der Waals surface area contributed by atoms with Gasteiger partial charge in [0.2, 0.25) is 11.9 Å². The molecule has 1 fully saturated rings. The van der Waals surface area contributed by atoms with Crippen molar-refractivity contribution in [1.29, 1.82) is 0 Å². The highest BCUT2D eigenvalue weighted by molar-refractivity contribution is 5.93. The fraction of sp³-hybridized carbons (Fsp3) is 0.538. The fourth-order valence-corrected chi connectivity index (χ4v) is 2.16. The number of nitrogens with zero attached hydrogens (tertiary/aromatic N) is 4. The van der Waals surface area contributed by atoms with E-state index in [1.807, 2.05) is 11.8 Å². The topological polar surface area (TPSA) is 87.7 Å². The number of ether oxygens (including phenoxy) is 1. The van der Waals surface area contributed by atoms with Crippen LogP contribution in [0.2, 0.25) is 0 Å². The number of rotatable bonds is 3. The molecule has 1 aliphatic heterocycles. The number of nitrogens with one attached hydrogen (secondary N) is 1. The summed E-state index contributed by atoms with van der Waals surface area (Å²) in [5.74, 6) is 0.135. The van der Waals surface area contributed by atoms with Crippen molar-refractivity contribution < 1.29 is 14.3 Å². The van der Waals surface area contributed by atoms with Crippen molar-refractivity contribution in [2.45, 2.75) is 13.0 Å². The minimum absolute atomic E-state index is 0.160. The monoisotopic (exact) mass is 293 g/mol. The van der Waals surface area contributed by atoms with Gasteiger partial charge in [-0.15, -0.1) is 0 Å². The van der Waals surface area contributed by atoms with Gasteiger partial charge < -0.3 is 9.64 Å². The molecule has 1 atom stereocenters. The lowest BCUT2D eigenvalue weighted by Gasteiger charge is -2.36. The third-order valence-electron chi connectivity index (χ3n) is 3.48. The van der Waals surface area contributed by atoms with Crippen LogP contribution in [0, 0.1) is 0 Å². The summed E-state index contributed by atoms with van der Waals surface area (Å²) in [5, 5.41) is 2.68. The van der Waals surface area contributed by atoms with Crippen molar-refractivity contribution in [3.05, 3.63) is 18.5 Å². The third kappa shape index (κ3) is 3.88. The Bertz CT molecular complexity index is 488. The lowest BCUT2D eigenvalue weighted by atomic mass is 10.2. The van der Waals surface area contributed by atoms with Crippen LogP contribution in [-0.2, 0) is 9.53 Å². The molecule has 8 heteroatoms. The Morgan fingerprint density at radius 3 is 2.43 bits per heavy atom. The molecular weight excluding hydrogens is 274 g/mol. The number of carbonyl (C=O) groups is 2. The van der Waals surface area contributed by atoms with Crippen molar-refractivity contribution in [2.75, 3.05) is 38.6 Å². The third-order valence-corrected chi connectivity index (χ3v) is 3.48. The highest BCUT2D eigenvalue weighted by Gasteiger charge is 2.27. The Morgan fingerprint density at radius 2 is 1.86 bits per heavy atom. The lowest BCUT2D eigenvalue weighted by Crippen LogP contribution is -2.54. The second kappa shape index (κ2) is 6.98. The van der Waals surface area contributed by atoms with Gasteiger partial charge in [0.1, 0.15) is 0 Å². The van der Waals surface area contributed by atoms with Gasteiger partial charge in [0.25, 0.3) is 0 Å². The van der Waals surface area contributed by atoms with Crippen molar-refractivity contribution in [3.8, 4) is 0 Å². The number of hydrogen-bond donors (Lipinski definition) is 1. The number of aromatic nitrogens is 2. The SMILES string of the molecule is COC(=O)N1CCN([C@H](C)C(=O)Nc2ncccn2)CC1. The molecular formula is C13H19N5O3. The molecule has 0 radical (unpaired) electrons. The van der Waals surface area contributed by atoms with Crippen LogP contribution < -0.4 is 5.32 Å². The second-order valence-corrected chi connectivity index (χ2v) is 4.73. The summed E-state index contributed by atoms with van der Waals surface area (Å²) in [5.41, 5.74) is 0. The Kier molecular flexibility index (Phi) is 5.04. The standard InChI is InChI=1S/C13H19N5O3/c1-10(11(19)16-12-14-4-3-5-15-12)17-6-8-18(9-7-17)13(20)21-2/h3-5,10H,6-9H2,1-2H3,(H,14,15,16,19)/t10-/m1/s1. The molecule has 0 aliphatic carbocycles. The van der Waals surface area contributed by atoms with E-state index in [1.54, 1.807) is 23.4 Å². The molecule has 0 bridgehead atoms. The van der Waals surface area contributed by atoms with Gasteiger partial charge in [-0.1, -0.05) is 0 Å². The van der Waals surface area contributed by atoms with E-state index in [1.165, 1.54) is 7.11 Å². The molecule has 1 saturated heterocycles. The van der Waals surface area contributed by atoms with Crippen LogP contribution in [0.3, 0.4) is 0 Å². The minimum atomic E-state index is -0.329. The first-order valence-corrected chi connectivity index (χ1v) is 6.76. The number of amides is 2. The predicted octanol–water partition coefficient (Wildman–Crippen LogP) is 0.188. The number of anilines is 1. The normalized spacial score (nSPS) is 17.1. The second-order valence-electron chi connectivity index (χ2n) is 4.73. The molecule has 2 heterocycles. The van der Waals surface area contributed by atoms with Gasteiger partial charge in [-0.05, 0) is 13.0 Å². The van der Waals surface area contributed by atoms with Gasteiger partial charge in [-0.25, -0.2) is 14.8 Å². The fourth-order valence-electron chi connectivity index (χ4n) is 2.16. The Labute approximate surface area is 123 Å². The number of methoxy groups -OCH3 is 1. The van der Waals surface area contributed by atoms with Crippen LogP contribution in [0.4, 0.5) is 10.7 Å². The smallest absolute Gasteiger partial charge is 0.409 e. The van der Waals surface area contributed by atoms with Crippen molar-refractivity contribution in [3.63, 3.8) is 0 Å². The summed E-state index contributed by atoms with van der Waals surface area (Å²) in [6.45, 7) is 4.17. The van der Waals surface area contributed by atoms with Crippen LogP contribution in [0.1, 0.15) is 6.92 Å². The van der Waals surface area contributed by atoms with Gasteiger partial charge in [0.05, 0.1) is 13.2 Å². The summed E-state index contributed by atoms with van der Waals surface area (Å²) in [7, 11) is 1.37. The summed E-state index contributed by atoms with van der Waals surface area (Å²) in [4.78, 5) is 35.1. The van der Waals surface area contributed by atoms with Crippen LogP contribution in [0.25, 0.3) is 0 Å². The molecule has 0 spiro atoms. The van der Waals surface area contributed by atoms with Gasteiger partial charge in [-0.3, -0.25) is 15.0 Å². The van der Waals surface area contributed by atoms with E-state index in [0.717, 1.165) is 0 Å². The molecule has 8 nitrogen and oxygen atoms in total. The molecule has 1 aromatic heterocycles. The van der Waals surface area contributed by atoms with E-state index in [2.05, 4.69) is 20.0 Å². The van der Waals surface area contributed by atoms with Crippen molar-refractivity contribution in [1.82, 2.24) is 19.8 Å². The van der Waals surface area contributed by atoms with Gasteiger partial charge in [0.15, 0.2) is 0 Å².